The first-order chi connectivity index (χ1) is 10.8. The van der Waals surface area contributed by atoms with Crippen molar-refractivity contribution in [1.29, 1.82) is 0 Å². The lowest BCUT2D eigenvalue weighted by Crippen LogP contribution is -2.24. The predicted molar refractivity (Wildman–Crippen MR) is 86.1 cm³/mol. The van der Waals surface area contributed by atoms with E-state index >= 15 is 0 Å². The van der Waals surface area contributed by atoms with E-state index in [1.165, 1.54) is 0 Å². The van der Waals surface area contributed by atoms with Crippen LogP contribution in [0.15, 0.2) is 40.8 Å². The molecule has 0 aliphatic rings. The van der Waals surface area contributed by atoms with Crippen molar-refractivity contribution in [2.24, 2.45) is 0 Å². The number of hydrogen-bond donors (Lipinski definition) is 1. The molecule has 22 heavy (non-hydrogen) atoms. The van der Waals surface area contributed by atoms with Crippen LogP contribution in [0, 0.1) is 0 Å². The van der Waals surface area contributed by atoms with Crippen molar-refractivity contribution < 1.29 is 13.9 Å². The van der Waals surface area contributed by atoms with Crippen molar-refractivity contribution in [2.45, 2.75) is 6.42 Å². The third kappa shape index (κ3) is 3.18. The van der Waals surface area contributed by atoms with Crippen LogP contribution in [0.2, 0.25) is 0 Å². The van der Waals surface area contributed by atoms with Crippen molar-refractivity contribution in [1.82, 2.24) is 10.3 Å². The first-order valence-corrected chi connectivity index (χ1v) is 7.82. The van der Waals surface area contributed by atoms with Crippen molar-refractivity contribution in [2.75, 3.05) is 20.3 Å². The van der Waals surface area contributed by atoms with Crippen LogP contribution in [0.25, 0.3) is 21.0 Å². The smallest absolute Gasteiger partial charge is 0.287 e. The average molecular weight is 316 g/mol. The number of carbonyl (C=O) groups is 1. The van der Waals surface area contributed by atoms with Gasteiger partial charge >= 0.3 is 0 Å². The van der Waals surface area contributed by atoms with E-state index in [-0.39, 0.29) is 5.91 Å². The summed E-state index contributed by atoms with van der Waals surface area (Å²) in [7, 11) is 1.64. The summed E-state index contributed by atoms with van der Waals surface area (Å²) in [5, 5.41) is 3.57. The van der Waals surface area contributed by atoms with Gasteiger partial charge in [0, 0.05) is 20.3 Å². The molecular formula is C16H16N2O3S. The number of thiazole rings is 1. The van der Waals surface area contributed by atoms with Gasteiger partial charge in [-0.2, -0.15) is 0 Å². The van der Waals surface area contributed by atoms with Crippen LogP contribution < -0.4 is 5.32 Å². The summed E-state index contributed by atoms with van der Waals surface area (Å²) in [6.07, 6.45) is 0.772. The average Bonchev–Trinajstić information content (AvgIpc) is 3.17. The predicted octanol–water partition coefficient (Wildman–Crippen LogP) is 3.32. The van der Waals surface area contributed by atoms with Gasteiger partial charge in [-0.1, -0.05) is 12.1 Å². The van der Waals surface area contributed by atoms with Gasteiger partial charge in [-0.25, -0.2) is 4.98 Å². The molecular weight excluding hydrogens is 300 g/mol. The van der Waals surface area contributed by atoms with E-state index in [0.717, 1.165) is 21.6 Å². The molecule has 1 aromatic carbocycles. The number of amides is 1. The van der Waals surface area contributed by atoms with Crippen LogP contribution in [-0.4, -0.2) is 31.2 Å². The maximum Gasteiger partial charge on any atom is 0.287 e. The Kier molecular flexibility index (Phi) is 4.50. The first kappa shape index (κ1) is 14.7. The molecule has 2 aromatic heterocycles. The van der Waals surface area contributed by atoms with Crippen molar-refractivity contribution >= 4 is 27.5 Å². The van der Waals surface area contributed by atoms with Crippen LogP contribution in [0.4, 0.5) is 0 Å². The fourth-order valence-electron chi connectivity index (χ4n) is 2.06. The Labute approximate surface area is 131 Å². The zero-order valence-corrected chi connectivity index (χ0v) is 13.0. The monoisotopic (exact) mass is 316 g/mol. The zero-order chi connectivity index (χ0) is 15.4. The van der Waals surface area contributed by atoms with E-state index in [9.17, 15) is 4.79 Å². The topological polar surface area (TPSA) is 64.4 Å². The number of methoxy groups -OCH3 is 1. The summed E-state index contributed by atoms with van der Waals surface area (Å²) < 4.78 is 11.7. The summed E-state index contributed by atoms with van der Waals surface area (Å²) in [5.74, 6) is 0.693. The summed E-state index contributed by atoms with van der Waals surface area (Å²) in [6.45, 7) is 1.18. The van der Waals surface area contributed by atoms with Crippen LogP contribution in [0.1, 0.15) is 17.0 Å². The molecule has 3 rings (SSSR count). The molecule has 0 saturated carbocycles. The number of para-hydroxylation sites is 1. The van der Waals surface area contributed by atoms with E-state index in [0.29, 0.717) is 24.7 Å². The number of carbonyl (C=O) groups excluding carboxylic acids is 1. The molecule has 114 valence electrons. The fourth-order valence-corrected chi connectivity index (χ4v) is 2.99. The number of hydrogen-bond acceptors (Lipinski definition) is 5. The number of aromatic nitrogens is 1. The van der Waals surface area contributed by atoms with Crippen molar-refractivity contribution in [3.63, 3.8) is 0 Å². The summed E-state index contributed by atoms with van der Waals surface area (Å²) in [4.78, 5) is 16.5. The Morgan fingerprint density at radius 3 is 3.00 bits per heavy atom. The van der Waals surface area contributed by atoms with Gasteiger partial charge in [0.2, 0.25) is 0 Å². The highest BCUT2D eigenvalue weighted by molar-refractivity contribution is 7.21. The molecule has 0 radical (unpaired) electrons. The third-order valence-electron chi connectivity index (χ3n) is 3.15. The van der Waals surface area contributed by atoms with Gasteiger partial charge in [-0.3, -0.25) is 4.79 Å². The minimum Gasteiger partial charge on any atom is -0.448 e. The van der Waals surface area contributed by atoms with E-state index in [1.807, 2.05) is 24.3 Å². The maximum absolute atomic E-state index is 12.0. The Bertz CT molecular complexity index is 745. The molecule has 3 aromatic rings. The highest BCUT2D eigenvalue weighted by Gasteiger charge is 2.14. The maximum atomic E-state index is 12.0. The number of fused-ring (bicyclic) bond motifs is 1. The Morgan fingerprint density at radius 2 is 2.18 bits per heavy atom. The Hall–Kier alpha value is -2.18. The highest BCUT2D eigenvalue weighted by Crippen LogP contribution is 2.30. The van der Waals surface area contributed by atoms with Gasteiger partial charge in [0.25, 0.3) is 5.91 Å². The van der Waals surface area contributed by atoms with E-state index < -0.39 is 0 Å². The Balaban J connectivity index is 1.71. The van der Waals surface area contributed by atoms with Crippen LogP contribution >= 0.6 is 11.3 Å². The second-order valence-corrected chi connectivity index (χ2v) is 5.78. The fraction of sp³-hybridized carbons (Fsp3) is 0.250. The largest absolute Gasteiger partial charge is 0.448 e. The molecule has 1 amide bonds. The minimum atomic E-state index is -0.219. The Morgan fingerprint density at radius 1 is 1.32 bits per heavy atom. The van der Waals surface area contributed by atoms with Crippen molar-refractivity contribution in [3.05, 3.63) is 42.2 Å². The molecule has 0 atom stereocenters. The first-order valence-electron chi connectivity index (χ1n) is 7.01. The molecule has 6 heteroatoms. The molecule has 0 unspecified atom stereocenters. The molecule has 0 aliphatic heterocycles. The highest BCUT2D eigenvalue weighted by atomic mass is 32.1. The lowest BCUT2D eigenvalue weighted by atomic mass is 10.3. The van der Waals surface area contributed by atoms with Gasteiger partial charge in [0.15, 0.2) is 16.5 Å². The standard InChI is InChI=1S/C16H16N2O3S/c1-20-10-4-9-17-15(19)12-7-8-13(21-12)16-18-11-5-2-3-6-14(11)22-16/h2-3,5-8H,4,9-10H2,1H3,(H,17,19). The van der Waals surface area contributed by atoms with E-state index in [2.05, 4.69) is 10.3 Å². The number of rotatable bonds is 6. The van der Waals surface area contributed by atoms with Gasteiger partial charge in [-0.15, -0.1) is 11.3 Å². The molecule has 1 N–H and O–H groups in total. The second-order valence-electron chi connectivity index (χ2n) is 4.75. The third-order valence-corrected chi connectivity index (χ3v) is 4.20. The van der Waals surface area contributed by atoms with Crippen LogP contribution in [0.5, 0.6) is 0 Å². The quantitative estimate of drug-likeness (QED) is 0.709. The molecule has 0 bridgehead atoms. The van der Waals surface area contributed by atoms with Gasteiger partial charge in [0.1, 0.15) is 0 Å². The molecule has 0 aliphatic carbocycles. The lowest BCUT2D eigenvalue weighted by Gasteiger charge is -2.01. The van der Waals surface area contributed by atoms with Gasteiger partial charge < -0.3 is 14.5 Å². The second kappa shape index (κ2) is 6.72. The summed E-state index contributed by atoms with van der Waals surface area (Å²) in [6, 6.07) is 11.4. The van der Waals surface area contributed by atoms with Crippen molar-refractivity contribution in [3.8, 4) is 10.8 Å². The number of furan rings is 1. The number of ether oxygens (including phenoxy) is 1. The normalized spacial score (nSPS) is 11.0. The molecule has 5 nitrogen and oxygen atoms in total. The van der Waals surface area contributed by atoms with Crippen LogP contribution in [-0.2, 0) is 4.74 Å². The molecule has 2 heterocycles. The lowest BCUT2D eigenvalue weighted by molar-refractivity contribution is 0.0922. The van der Waals surface area contributed by atoms with Crippen LogP contribution in [0.3, 0.4) is 0 Å². The number of benzene rings is 1. The molecule has 0 fully saturated rings. The number of nitrogens with zero attached hydrogens (tertiary/aromatic N) is 1. The van der Waals surface area contributed by atoms with Gasteiger partial charge in [-0.05, 0) is 30.7 Å². The summed E-state index contributed by atoms with van der Waals surface area (Å²) >= 11 is 1.55. The zero-order valence-electron chi connectivity index (χ0n) is 12.2. The minimum absolute atomic E-state index is 0.219. The molecule has 0 spiro atoms. The van der Waals surface area contributed by atoms with E-state index in [1.54, 1.807) is 30.6 Å². The SMILES string of the molecule is COCCCNC(=O)c1ccc(-c2nc3ccccc3s2)o1. The van der Waals surface area contributed by atoms with E-state index in [4.69, 9.17) is 9.15 Å². The molecule has 0 saturated heterocycles. The van der Waals surface area contributed by atoms with Gasteiger partial charge in [0.05, 0.1) is 10.2 Å². The number of nitrogens with one attached hydrogen (secondary N) is 1. The summed E-state index contributed by atoms with van der Waals surface area (Å²) in [5.41, 5.74) is 0.935.